The van der Waals surface area contributed by atoms with Gasteiger partial charge < -0.3 is 25.0 Å². The molecule has 0 unspecified atom stereocenters. The van der Waals surface area contributed by atoms with Crippen LogP contribution in [0.5, 0.6) is 5.75 Å². The van der Waals surface area contributed by atoms with Crippen LogP contribution in [0.25, 0.3) is 22.6 Å². The van der Waals surface area contributed by atoms with Crippen LogP contribution in [0.2, 0.25) is 0 Å². The van der Waals surface area contributed by atoms with Crippen LogP contribution in [0.1, 0.15) is 45.7 Å². The Bertz CT molecular complexity index is 1020. The van der Waals surface area contributed by atoms with Crippen LogP contribution in [0.3, 0.4) is 0 Å². The average Bonchev–Trinajstić information content (AvgIpc) is 3.43. The number of anilines is 1. The summed E-state index contributed by atoms with van der Waals surface area (Å²) in [5, 5.41) is 18.2. The monoisotopic (exact) mass is 415 g/mol. The summed E-state index contributed by atoms with van der Waals surface area (Å²) in [5.74, 6) is 1.28. The number of aromatic nitrogens is 5. The van der Waals surface area contributed by atoms with E-state index < -0.39 is 5.60 Å². The lowest BCUT2D eigenvalue weighted by molar-refractivity contribution is 0.0753. The molecule has 30 heavy (non-hydrogen) atoms. The van der Waals surface area contributed by atoms with Crippen LogP contribution in [-0.4, -0.2) is 61.1 Å². The quantitative estimate of drug-likeness (QED) is 0.532. The highest BCUT2D eigenvalue weighted by Crippen LogP contribution is 2.36. The van der Waals surface area contributed by atoms with Crippen LogP contribution in [0.15, 0.2) is 10.8 Å². The van der Waals surface area contributed by atoms with Gasteiger partial charge in [0.25, 0.3) is 0 Å². The van der Waals surface area contributed by atoms with E-state index in [1.54, 1.807) is 20.0 Å². The van der Waals surface area contributed by atoms with Crippen molar-refractivity contribution in [3.63, 3.8) is 0 Å². The molecule has 1 saturated heterocycles. The molecule has 10 heteroatoms. The zero-order valence-electron chi connectivity index (χ0n) is 17.8. The van der Waals surface area contributed by atoms with Crippen molar-refractivity contribution >= 4 is 16.9 Å². The van der Waals surface area contributed by atoms with Gasteiger partial charge in [-0.1, -0.05) is 0 Å². The first-order chi connectivity index (χ1) is 14.4. The molecule has 162 valence electrons. The van der Waals surface area contributed by atoms with Gasteiger partial charge in [-0.25, -0.2) is 9.61 Å². The van der Waals surface area contributed by atoms with Gasteiger partial charge in [-0.2, -0.15) is 0 Å². The SMILES string of the molecule is CCn1c(-c2nonc2N)nc2c(C(C)(C)O)ncc(OCCCN3CCCC3)c21. The Morgan fingerprint density at radius 3 is 2.67 bits per heavy atom. The Kier molecular flexibility index (Phi) is 5.61. The summed E-state index contributed by atoms with van der Waals surface area (Å²) in [7, 11) is 0. The number of likely N-dealkylation sites (tertiary alicyclic amines) is 1. The molecule has 3 aromatic heterocycles. The van der Waals surface area contributed by atoms with E-state index in [0.717, 1.165) is 18.5 Å². The number of pyridine rings is 1. The van der Waals surface area contributed by atoms with Gasteiger partial charge in [0.05, 0.1) is 18.5 Å². The van der Waals surface area contributed by atoms with E-state index in [1.807, 2.05) is 11.5 Å². The summed E-state index contributed by atoms with van der Waals surface area (Å²) in [6.07, 6.45) is 5.15. The fraction of sp³-hybridized carbons (Fsp3) is 0.600. The minimum Gasteiger partial charge on any atom is -0.490 e. The maximum absolute atomic E-state index is 10.6. The summed E-state index contributed by atoms with van der Waals surface area (Å²) >= 11 is 0. The number of fused-ring (bicyclic) bond motifs is 1. The molecule has 1 aliphatic heterocycles. The van der Waals surface area contributed by atoms with Gasteiger partial charge in [0.15, 0.2) is 23.1 Å². The molecule has 1 fully saturated rings. The van der Waals surface area contributed by atoms with Crippen LogP contribution in [0, 0.1) is 0 Å². The lowest BCUT2D eigenvalue weighted by atomic mass is 10.0. The zero-order chi connectivity index (χ0) is 21.3. The van der Waals surface area contributed by atoms with E-state index in [2.05, 4.69) is 20.2 Å². The van der Waals surface area contributed by atoms with Crippen molar-refractivity contribution in [3.05, 3.63) is 11.9 Å². The Morgan fingerprint density at radius 1 is 1.27 bits per heavy atom. The molecule has 0 aromatic carbocycles. The average molecular weight is 415 g/mol. The second-order valence-electron chi connectivity index (χ2n) is 8.16. The van der Waals surface area contributed by atoms with Crippen molar-refractivity contribution < 1.29 is 14.5 Å². The van der Waals surface area contributed by atoms with Gasteiger partial charge in [0.1, 0.15) is 16.6 Å². The molecule has 10 nitrogen and oxygen atoms in total. The number of nitrogens with zero attached hydrogens (tertiary/aromatic N) is 6. The predicted molar refractivity (Wildman–Crippen MR) is 112 cm³/mol. The molecule has 4 heterocycles. The summed E-state index contributed by atoms with van der Waals surface area (Å²) in [4.78, 5) is 11.7. The molecule has 3 N–H and O–H groups in total. The van der Waals surface area contributed by atoms with Gasteiger partial charge in [0, 0.05) is 13.1 Å². The lowest BCUT2D eigenvalue weighted by Crippen LogP contribution is -2.22. The van der Waals surface area contributed by atoms with Gasteiger partial charge in [-0.05, 0) is 63.4 Å². The second kappa shape index (κ2) is 8.19. The van der Waals surface area contributed by atoms with Crippen LogP contribution in [0.4, 0.5) is 5.82 Å². The lowest BCUT2D eigenvalue weighted by Gasteiger charge is -2.19. The Morgan fingerprint density at radius 2 is 2.03 bits per heavy atom. The number of nitrogens with two attached hydrogens (primary N) is 1. The first-order valence-electron chi connectivity index (χ1n) is 10.5. The molecule has 0 radical (unpaired) electrons. The minimum atomic E-state index is -1.18. The highest BCUT2D eigenvalue weighted by atomic mass is 16.6. The van der Waals surface area contributed by atoms with E-state index in [4.69, 9.17) is 20.1 Å². The van der Waals surface area contributed by atoms with Crippen molar-refractivity contribution in [2.24, 2.45) is 0 Å². The predicted octanol–water partition coefficient (Wildman–Crippen LogP) is 2.18. The second-order valence-corrected chi connectivity index (χ2v) is 8.16. The van der Waals surface area contributed by atoms with E-state index in [1.165, 1.54) is 25.9 Å². The smallest absolute Gasteiger partial charge is 0.199 e. The number of aliphatic hydroxyl groups is 1. The first-order valence-corrected chi connectivity index (χ1v) is 10.5. The number of imidazole rings is 1. The number of rotatable bonds is 8. The third-order valence-electron chi connectivity index (χ3n) is 5.43. The summed E-state index contributed by atoms with van der Waals surface area (Å²) in [5.41, 5.74) is 6.87. The van der Waals surface area contributed by atoms with Crippen molar-refractivity contribution in [1.29, 1.82) is 0 Å². The largest absolute Gasteiger partial charge is 0.490 e. The van der Waals surface area contributed by atoms with Gasteiger partial charge in [-0.15, -0.1) is 0 Å². The first kappa shape index (κ1) is 20.5. The van der Waals surface area contributed by atoms with E-state index in [0.29, 0.717) is 41.6 Å². The molecule has 0 saturated carbocycles. The minimum absolute atomic E-state index is 0.158. The number of nitrogen functional groups attached to an aromatic ring is 1. The van der Waals surface area contributed by atoms with Gasteiger partial charge >= 0.3 is 0 Å². The van der Waals surface area contributed by atoms with Crippen molar-refractivity contribution in [2.45, 2.75) is 52.2 Å². The van der Waals surface area contributed by atoms with E-state index in [9.17, 15) is 5.11 Å². The number of hydrogen-bond acceptors (Lipinski definition) is 9. The summed E-state index contributed by atoms with van der Waals surface area (Å²) in [6, 6.07) is 0. The molecule has 0 spiro atoms. The van der Waals surface area contributed by atoms with E-state index >= 15 is 0 Å². The van der Waals surface area contributed by atoms with Crippen molar-refractivity contribution in [3.8, 4) is 17.3 Å². The van der Waals surface area contributed by atoms with Gasteiger partial charge in [0.2, 0.25) is 0 Å². The molecule has 4 rings (SSSR count). The number of ether oxygens (including phenoxy) is 1. The van der Waals surface area contributed by atoms with Crippen LogP contribution in [-0.2, 0) is 12.1 Å². The maximum atomic E-state index is 10.6. The molecule has 0 bridgehead atoms. The molecule has 0 atom stereocenters. The van der Waals surface area contributed by atoms with Crippen LogP contribution >= 0.6 is 0 Å². The molecular formula is C20H29N7O3. The normalized spacial score (nSPS) is 15.3. The highest BCUT2D eigenvalue weighted by Gasteiger charge is 2.28. The molecule has 0 amide bonds. The Labute approximate surface area is 175 Å². The number of hydrogen-bond donors (Lipinski definition) is 2. The molecule has 0 aliphatic carbocycles. The molecule has 3 aromatic rings. The van der Waals surface area contributed by atoms with E-state index in [-0.39, 0.29) is 5.82 Å². The van der Waals surface area contributed by atoms with Gasteiger partial charge in [-0.3, -0.25) is 4.98 Å². The van der Waals surface area contributed by atoms with Crippen LogP contribution < -0.4 is 10.5 Å². The Hall–Kier alpha value is -2.72. The standard InChI is InChI=1S/C20H29N7O3/c1-4-27-16-13(29-11-7-10-26-8-5-6-9-26)12-22-17(20(2,3)28)14(16)23-19(27)15-18(21)25-30-24-15/h12,28H,4-11H2,1-3H3,(H2,21,25). The topological polar surface area (TPSA) is 128 Å². The van der Waals surface area contributed by atoms with Crippen molar-refractivity contribution in [2.75, 3.05) is 32.0 Å². The molecule has 1 aliphatic rings. The maximum Gasteiger partial charge on any atom is 0.199 e. The Balaban J connectivity index is 1.71. The zero-order valence-corrected chi connectivity index (χ0v) is 17.8. The third kappa shape index (κ3) is 3.84. The van der Waals surface area contributed by atoms with Crippen molar-refractivity contribution in [1.82, 2.24) is 29.7 Å². The number of aryl methyl sites for hydroxylation is 1. The summed E-state index contributed by atoms with van der Waals surface area (Å²) < 4.78 is 12.8. The fourth-order valence-corrected chi connectivity index (χ4v) is 3.98. The summed E-state index contributed by atoms with van der Waals surface area (Å²) in [6.45, 7) is 9.90. The third-order valence-corrected chi connectivity index (χ3v) is 5.43. The fourth-order valence-electron chi connectivity index (χ4n) is 3.98. The highest BCUT2D eigenvalue weighted by molar-refractivity contribution is 5.88. The molecular weight excluding hydrogens is 386 g/mol.